The molecule has 1 aromatic heterocycles. The lowest BCUT2D eigenvalue weighted by Gasteiger charge is -2.19. The van der Waals surface area contributed by atoms with Gasteiger partial charge in [0, 0.05) is 12.3 Å². The van der Waals surface area contributed by atoms with Crippen molar-refractivity contribution in [2.75, 3.05) is 0 Å². The Morgan fingerprint density at radius 1 is 1.10 bits per heavy atom. The predicted molar refractivity (Wildman–Crippen MR) is 74.4 cm³/mol. The van der Waals surface area contributed by atoms with E-state index in [1.807, 2.05) is 20.8 Å². The minimum absolute atomic E-state index is 0.00517. The molecule has 0 bridgehead atoms. The van der Waals surface area contributed by atoms with Crippen molar-refractivity contribution in [1.82, 2.24) is 4.98 Å². The summed E-state index contributed by atoms with van der Waals surface area (Å²) in [5, 5.41) is 0. The fourth-order valence-electron chi connectivity index (χ4n) is 1.79. The Morgan fingerprint density at radius 3 is 2.38 bits per heavy atom. The third-order valence-electron chi connectivity index (χ3n) is 3.00. The fourth-order valence-corrected chi connectivity index (χ4v) is 1.79. The van der Waals surface area contributed by atoms with Gasteiger partial charge in [-0.2, -0.15) is 0 Å². The minimum Gasteiger partial charge on any atom is -0.454 e. The van der Waals surface area contributed by atoms with E-state index in [9.17, 15) is 13.2 Å². The van der Waals surface area contributed by atoms with Crippen LogP contribution in [0.3, 0.4) is 0 Å². The van der Waals surface area contributed by atoms with Crippen LogP contribution in [-0.2, 0) is 5.41 Å². The number of ether oxygens (including phenoxy) is 1. The van der Waals surface area contributed by atoms with Crippen molar-refractivity contribution in [2.45, 2.75) is 32.6 Å². The maximum atomic E-state index is 14.0. The normalized spacial score (nSPS) is 11.8. The smallest absolute Gasteiger partial charge is 0.280 e. The number of rotatable bonds is 3. The van der Waals surface area contributed by atoms with Crippen LogP contribution >= 0.6 is 0 Å². The van der Waals surface area contributed by atoms with Gasteiger partial charge in [-0.25, -0.2) is 13.2 Å². The molecule has 2 nitrogen and oxygen atoms in total. The lowest BCUT2D eigenvalue weighted by Crippen LogP contribution is -2.11. The minimum atomic E-state index is -2.69. The van der Waals surface area contributed by atoms with Crippen molar-refractivity contribution in [3.63, 3.8) is 0 Å². The zero-order chi connectivity index (χ0) is 15.6. The molecular weight excluding hydrogens is 279 g/mol. The van der Waals surface area contributed by atoms with E-state index in [1.54, 1.807) is 6.07 Å². The van der Waals surface area contributed by atoms with E-state index < -0.39 is 17.9 Å². The summed E-state index contributed by atoms with van der Waals surface area (Å²) in [5.74, 6) is -0.407. The summed E-state index contributed by atoms with van der Waals surface area (Å²) in [6, 6.07) is 7.15. The van der Waals surface area contributed by atoms with Gasteiger partial charge in [0.25, 0.3) is 6.43 Å². The summed E-state index contributed by atoms with van der Waals surface area (Å²) < 4.78 is 44.5. The van der Waals surface area contributed by atoms with Crippen LogP contribution in [0, 0.1) is 5.82 Å². The van der Waals surface area contributed by atoms with Crippen molar-refractivity contribution in [1.29, 1.82) is 0 Å². The van der Waals surface area contributed by atoms with Crippen LogP contribution in [0.1, 0.15) is 38.5 Å². The number of alkyl halides is 2. The molecule has 2 aromatic rings. The number of hydrogen-bond acceptors (Lipinski definition) is 2. The van der Waals surface area contributed by atoms with E-state index in [2.05, 4.69) is 4.98 Å². The number of pyridine rings is 1. The van der Waals surface area contributed by atoms with Gasteiger partial charge in [-0.3, -0.25) is 4.98 Å². The molecule has 0 aliphatic rings. The van der Waals surface area contributed by atoms with Gasteiger partial charge in [0.2, 0.25) is 0 Å². The topological polar surface area (TPSA) is 22.1 Å². The molecule has 0 unspecified atom stereocenters. The lowest BCUT2D eigenvalue weighted by atomic mass is 9.87. The molecule has 0 aliphatic carbocycles. The standard InChI is InChI=1S/C16H16F3NO/c1-16(2,3)10-4-5-14(12(17)8-10)21-11-6-7-20-13(9-11)15(18)19/h4-9,15H,1-3H3. The highest BCUT2D eigenvalue weighted by Crippen LogP contribution is 2.30. The molecule has 1 aromatic carbocycles. The molecular formula is C16H16F3NO. The van der Waals surface area contributed by atoms with Crippen LogP contribution in [0.25, 0.3) is 0 Å². The number of nitrogens with zero attached hydrogens (tertiary/aromatic N) is 1. The number of hydrogen-bond donors (Lipinski definition) is 0. The van der Waals surface area contributed by atoms with Gasteiger partial charge in [-0.1, -0.05) is 26.8 Å². The predicted octanol–water partition coefficient (Wildman–Crippen LogP) is 5.25. The molecule has 0 spiro atoms. The Balaban J connectivity index is 2.26. The molecule has 0 aliphatic heterocycles. The van der Waals surface area contributed by atoms with Crippen LogP contribution in [0.5, 0.6) is 11.5 Å². The van der Waals surface area contributed by atoms with Gasteiger partial charge in [0.1, 0.15) is 11.4 Å². The van der Waals surface area contributed by atoms with Crippen molar-refractivity contribution in [2.24, 2.45) is 0 Å². The third kappa shape index (κ3) is 3.74. The molecule has 112 valence electrons. The summed E-state index contributed by atoms with van der Waals surface area (Å²) in [7, 11) is 0. The van der Waals surface area contributed by atoms with E-state index in [-0.39, 0.29) is 16.9 Å². The highest BCUT2D eigenvalue weighted by molar-refractivity contribution is 5.36. The van der Waals surface area contributed by atoms with Crippen molar-refractivity contribution >= 4 is 0 Å². The van der Waals surface area contributed by atoms with Crippen molar-refractivity contribution in [3.8, 4) is 11.5 Å². The zero-order valence-electron chi connectivity index (χ0n) is 12.0. The first-order chi connectivity index (χ1) is 9.77. The summed E-state index contributed by atoms with van der Waals surface area (Å²) >= 11 is 0. The zero-order valence-corrected chi connectivity index (χ0v) is 12.0. The van der Waals surface area contributed by atoms with Crippen molar-refractivity contribution in [3.05, 3.63) is 53.6 Å². The Bertz CT molecular complexity index is 636. The van der Waals surface area contributed by atoms with E-state index in [1.165, 1.54) is 24.4 Å². The number of aromatic nitrogens is 1. The van der Waals surface area contributed by atoms with Crippen LogP contribution in [0.4, 0.5) is 13.2 Å². The maximum Gasteiger partial charge on any atom is 0.280 e. The molecule has 0 saturated heterocycles. The summed E-state index contributed by atoms with van der Waals surface area (Å²) in [5.41, 5.74) is 0.244. The second-order valence-electron chi connectivity index (χ2n) is 5.71. The SMILES string of the molecule is CC(C)(C)c1ccc(Oc2ccnc(C(F)F)c2)c(F)c1. The Labute approximate surface area is 121 Å². The summed E-state index contributed by atoms with van der Waals surface area (Å²) in [6.07, 6.45) is -1.49. The van der Waals surface area contributed by atoms with Gasteiger partial charge in [-0.15, -0.1) is 0 Å². The van der Waals surface area contributed by atoms with Gasteiger partial charge in [-0.05, 0) is 29.2 Å². The lowest BCUT2D eigenvalue weighted by molar-refractivity contribution is 0.145. The molecule has 0 radical (unpaired) electrons. The third-order valence-corrected chi connectivity index (χ3v) is 3.00. The van der Waals surface area contributed by atoms with Gasteiger partial charge < -0.3 is 4.74 Å². The van der Waals surface area contributed by atoms with E-state index in [4.69, 9.17) is 4.74 Å². The van der Waals surface area contributed by atoms with E-state index in [0.29, 0.717) is 0 Å². The maximum absolute atomic E-state index is 14.0. The van der Waals surface area contributed by atoms with Crippen LogP contribution < -0.4 is 4.74 Å². The van der Waals surface area contributed by atoms with Crippen molar-refractivity contribution < 1.29 is 17.9 Å². The van der Waals surface area contributed by atoms with Gasteiger partial charge >= 0.3 is 0 Å². The first-order valence-corrected chi connectivity index (χ1v) is 6.49. The Morgan fingerprint density at radius 2 is 1.81 bits per heavy atom. The molecule has 1 heterocycles. The molecule has 5 heteroatoms. The first-order valence-electron chi connectivity index (χ1n) is 6.49. The monoisotopic (exact) mass is 295 g/mol. The van der Waals surface area contributed by atoms with Gasteiger partial charge in [0.15, 0.2) is 11.6 Å². The number of benzene rings is 1. The first kappa shape index (κ1) is 15.4. The fraction of sp³-hybridized carbons (Fsp3) is 0.312. The highest BCUT2D eigenvalue weighted by atomic mass is 19.3. The van der Waals surface area contributed by atoms with E-state index >= 15 is 0 Å². The second kappa shape index (κ2) is 5.76. The molecule has 21 heavy (non-hydrogen) atoms. The van der Waals surface area contributed by atoms with Crippen LogP contribution in [-0.4, -0.2) is 4.98 Å². The molecule has 0 amide bonds. The summed E-state index contributed by atoms with van der Waals surface area (Å²) in [6.45, 7) is 5.92. The number of halogens is 3. The highest BCUT2D eigenvalue weighted by Gasteiger charge is 2.17. The average Bonchev–Trinajstić information content (AvgIpc) is 2.40. The quantitative estimate of drug-likeness (QED) is 0.771. The average molecular weight is 295 g/mol. The second-order valence-corrected chi connectivity index (χ2v) is 5.71. The van der Waals surface area contributed by atoms with Crippen LogP contribution in [0.2, 0.25) is 0 Å². The molecule has 2 rings (SSSR count). The van der Waals surface area contributed by atoms with Gasteiger partial charge in [0.05, 0.1) is 0 Å². The Hall–Kier alpha value is -2.04. The largest absolute Gasteiger partial charge is 0.454 e. The molecule has 0 N–H and O–H groups in total. The summed E-state index contributed by atoms with van der Waals surface area (Å²) in [4.78, 5) is 3.53. The van der Waals surface area contributed by atoms with Crippen LogP contribution in [0.15, 0.2) is 36.5 Å². The molecule has 0 fully saturated rings. The molecule has 0 atom stereocenters. The molecule has 0 saturated carbocycles. The Kier molecular flexibility index (Phi) is 4.21. The van der Waals surface area contributed by atoms with E-state index in [0.717, 1.165) is 11.6 Å².